The Labute approximate surface area is 176 Å². The molecule has 3 rings (SSSR count). The predicted octanol–water partition coefficient (Wildman–Crippen LogP) is 4.38. The van der Waals surface area contributed by atoms with Gasteiger partial charge in [-0.25, -0.2) is 4.21 Å². The third-order valence-electron chi connectivity index (χ3n) is 3.80. The highest BCUT2D eigenvalue weighted by atomic mass is 79.9. The highest BCUT2D eigenvalue weighted by Crippen LogP contribution is 2.31. The van der Waals surface area contributed by atoms with Crippen LogP contribution in [-0.2, 0) is 19.8 Å². The van der Waals surface area contributed by atoms with E-state index in [2.05, 4.69) is 19.7 Å². The molecule has 0 bridgehead atoms. The highest BCUT2D eigenvalue weighted by molar-refractivity contribution is 9.10. The number of nitrogen functional groups attached to an aromatic ring is 1. The average Bonchev–Trinajstić information content (AvgIpc) is 3.13. The average molecular weight is 498 g/mol. The van der Waals surface area contributed by atoms with E-state index >= 15 is 0 Å². The van der Waals surface area contributed by atoms with Crippen LogP contribution in [0.1, 0.15) is 10.4 Å². The van der Waals surface area contributed by atoms with Crippen molar-refractivity contribution in [3.8, 4) is 0 Å². The molecule has 0 aliphatic rings. The van der Waals surface area contributed by atoms with Gasteiger partial charge in [0.15, 0.2) is 0 Å². The van der Waals surface area contributed by atoms with Crippen molar-refractivity contribution in [2.24, 2.45) is 9.50 Å². The molecule has 0 radical (unpaired) electrons. The third-order valence-corrected chi connectivity index (χ3v) is 9.66. The number of halogens is 1. The van der Waals surface area contributed by atoms with Gasteiger partial charge in [-0.3, -0.25) is 5.41 Å². The minimum atomic E-state index is -4.20. The van der Waals surface area contributed by atoms with Gasteiger partial charge in [-0.2, -0.15) is 8.42 Å². The lowest BCUT2D eigenvalue weighted by Crippen LogP contribution is -2.09. The van der Waals surface area contributed by atoms with E-state index < -0.39 is 19.8 Å². The van der Waals surface area contributed by atoms with Crippen molar-refractivity contribution in [3.63, 3.8) is 0 Å². The Morgan fingerprint density at radius 3 is 2.29 bits per heavy atom. The molecule has 1 heterocycles. The second-order valence-corrected chi connectivity index (χ2v) is 11.7. The quantitative estimate of drug-likeness (QED) is 0.402. The number of hydrogen-bond donors (Lipinski definition) is 2. The van der Waals surface area contributed by atoms with E-state index in [-0.39, 0.29) is 20.5 Å². The second-order valence-electron chi connectivity index (χ2n) is 5.91. The fourth-order valence-corrected chi connectivity index (χ4v) is 8.00. The zero-order valence-electron chi connectivity index (χ0n) is 14.6. The van der Waals surface area contributed by atoms with Crippen LogP contribution in [0.5, 0.6) is 0 Å². The fraction of sp³-hybridized carbons (Fsp3) is 0.0556. The normalized spacial score (nSPS) is 13.6. The lowest BCUT2D eigenvalue weighted by atomic mass is 10.2. The summed E-state index contributed by atoms with van der Waals surface area (Å²) >= 11 is 4.43. The largest absolute Gasteiger partial charge is 0.383 e. The summed E-state index contributed by atoms with van der Waals surface area (Å²) in [5, 5.41) is 9.09. The number of rotatable bonds is 5. The fourth-order valence-electron chi connectivity index (χ4n) is 2.36. The van der Waals surface area contributed by atoms with Gasteiger partial charge in [0.1, 0.15) is 15.6 Å². The predicted molar refractivity (Wildman–Crippen MR) is 115 cm³/mol. The Morgan fingerprint density at radius 2 is 1.71 bits per heavy atom. The summed E-state index contributed by atoms with van der Waals surface area (Å²) in [5.41, 5.74) is 6.41. The molecule has 0 fully saturated rings. The summed E-state index contributed by atoms with van der Waals surface area (Å²) in [6, 6.07) is 14.2. The van der Waals surface area contributed by atoms with Crippen molar-refractivity contribution < 1.29 is 12.6 Å². The number of nitrogens with zero attached hydrogens (tertiary/aromatic N) is 1. The van der Waals surface area contributed by atoms with Crippen LogP contribution in [0.4, 0.5) is 0 Å². The Bertz CT molecular complexity index is 1270. The maximum absolute atomic E-state index is 14.0. The van der Waals surface area contributed by atoms with Gasteiger partial charge in [0.25, 0.3) is 10.0 Å². The molecular weight excluding hydrogens is 482 g/mol. The SMILES string of the molecule is Cc1ccc(S(=O)(=O)N=S(=O)(c2cccc(Br)c2)c2csc(C(=N)N)c2)cc1. The molecule has 1 unspecified atom stereocenters. The summed E-state index contributed by atoms with van der Waals surface area (Å²) in [6.07, 6.45) is 0. The number of benzene rings is 2. The highest BCUT2D eigenvalue weighted by Gasteiger charge is 2.24. The minimum absolute atomic E-state index is 0.0390. The molecule has 3 N–H and O–H groups in total. The molecule has 146 valence electrons. The van der Waals surface area contributed by atoms with Gasteiger partial charge in [0, 0.05) is 9.85 Å². The first kappa shape index (κ1) is 20.7. The number of amidine groups is 1. The number of nitrogens with one attached hydrogen (secondary N) is 1. The van der Waals surface area contributed by atoms with E-state index in [9.17, 15) is 12.6 Å². The van der Waals surface area contributed by atoms with Gasteiger partial charge in [0.2, 0.25) is 0 Å². The maximum atomic E-state index is 14.0. The second kappa shape index (κ2) is 7.78. The van der Waals surface area contributed by atoms with E-state index in [1.54, 1.807) is 36.4 Å². The van der Waals surface area contributed by atoms with Crippen LogP contribution in [-0.4, -0.2) is 18.5 Å². The van der Waals surface area contributed by atoms with Crippen molar-refractivity contribution in [1.29, 1.82) is 5.41 Å². The van der Waals surface area contributed by atoms with Crippen LogP contribution in [0.3, 0.4) is 0 Å². The molecular formula is C18H16BrN3O3S3. The van der Waals surface area contributed by atoms with Gasteiger partial charge in [0.05, 0.1) is 19.6 Å². The Hall–Kier alpha value is -2.01. The molecule has 0 aliphatic carbocycles. The van der Waals surface area contributed by atoms with Crippen molar-refractivity contribution in [3.05, 3.63) is 74.9 Å². The Balaban J connectivity index is 2.29. The van der Waals surface area contributed by atoms with Gasteiger partial charge in [-0.05, 0) is 43.3 Å². The maximum Gasteiger partial charge on any atom is 0.290 e. The van der Waals surface area contributed by atoms with Crippen LogP contribution in [0.15, 0.2) is 82.9 Å². The van der Waals surface area contributed by atoms with E-state index in [0.29, 0.717) is 9.35 Å². The van der Waals surface area contributed by atoms with Crippen LogP contribution in [0.2, 0.25) is 0 Å². The van der Waals surface area contributed by atoms with E-state index in [0.717, 1.165) is 16.9 Å². The first-order chi connectivity index (χ1) is 13.1. The molecule has 1 aromatic heterocycles. The van der Waals surface area contributed by atoms with Crippen LogP contribution < -0.4 is 5.73 Å². The van der Waals surface area contributed by atoms with Crippen LogP contribution in [0, 0.1) is 12.3 Å². The number of nitrogens with two attached hydrogens (primary N) is 1. The van der Waals surface area contributed by atoms with Crippen molar-refractivity contribution in [1.82, 2.24) is 0 Å². The van der Waals surface area contributed by atoms with Crippen LogP contribution in [0.25, 0.3) is 0 Å². The number of thiophene rings is 1. The first-order valence-corrected chi connectivity index (χ1v) is 12.5. The molecule has 2 aromatic carbocycles. The monoisotopic (exact) mass is 497 g/mol. The van der Waals surface area contributed by atoms with Crippen molar-refractivity contribution in [2.75, 3.05) is 0 Å². The standard InChI is InChI=1S/C18H16BrN3O3S3/c1-12-5-7-14(8-6-12)28(24,25)22-27(23,15-4-2-3-13(19)9-15)16-10-17(18(20)21)26-11-16/h2-11H,1H3,(H3,20,21). The molecule has 28 heavy (non-hydrogen) atoms. The molecule has 1 atom stereocenters. The van der Waals surface area contributed by atoms with E-state index in [1.807, 2.05) is 6.92 Å². The number of sulfonamides is 1. The number of hydrogen-bond acceptors (Lipinski definition) is 5. The topological polar surface area (TPSA) is 113 Å². The van der Waals surface area contributed by atoms with E-state index in [1.165, 1.54) is 23.6 Å². The molecule has 0 saturated carbocycles. The summed E-state index contributed by atoms with van der Waals surface area (Å²) in [6.45, 7) is 1.84. The lowest BCUT2D eigenvalue weighted by molar-refractivity contribution is 0.598. The van der Waals surface area contributed by atoms with Gasteiger partial charge >= 0.3 is 0 Å². The molecule has 0 amide bonds. The van der Waals surface area contributed by atoms with Crippen molar-refractivity contribution in [2.45, 2.75) is 21.6 Å². The van der Waals surface area contributed by atoms with Crippen LogP contribution >= 0.6 is 27.3 Å². The molecule has 10 heteroatoms. The molecule has 3 aromatic rings. The molecule has 0 spiro atoms. The molecule has 0 saturated heterocycles. The lowest BCUT2D eigenvalue weighted by Gasteiger charge is -2.10. The van der Waals surface area contributed by atoms with Crippen molar-refractivity contribution >= 4 is 52.9 Å². The summed E-state index contributed by atoms with van der Waals surface area (Å²) in [7, 11) is -7.73. The number of aryl methyl sites for hydroxylation is 1. The zero-order valence-corrected chi connectivity index (χ0v) is 18.7. The Kier molecular flexibility index (Phi) is 5.76. The smallest absolute Gasteiger partial charge is 0.290 e. The van der Waals surface area contributed by atoms with Gasteiger partial charge < -0.3 is 5.73 Å². The zero-order chi connectivity index (χ0) is 20.5. The van der Waals surface area contributed by atoms with Gasteiger partial charge in [-0.1, -0.05) is 43.5 Å². The summed E-state index contributed by atoms with van der Waals surface area (Å²) in [4.78, 5) is 0.783. The van der Waals surface area contributed by atoms with E-state index in [4.69, 9.17) is 11.1 Å². The summed E-state index contributed by atoms with van der Waals surface area (Å²) in [5.74, 6) is -0.186. The first-order valence-electron chi connectivity index (χ1n) is 7.90. The Morgan fingerprint density at radius 1 is 1.04 bits per heavy atom. The molecule has 6 nitrogen and oxygen atoms in total. The van der Waals surface area contributed by atoms with Gasteiger partial charge in [-0.15, -0.1) is 11.3 Å². The third kappa shape index (κ3) is 4.19. The summed E-state index contributed by atoms with van der Waals surface area (Å²) < 4.78 is 44.3. The minimum Gasteiger partial charge on any atom is -0.383 e. The molecule has 0 aliphatic heterocycles.